The van der Waals surface area contributed by atoms with Crippen LogP contribution in [0.2, 0.25) is 5.02 Å². The maximum absolute atomic E-state index is 11.3. The number of hydrogen-bond donors (Lipinski definition) is 1. The fraction of sp³-hybridized carbons (Fsp3) is 0.647. The molecule has 1 N–H and O–H groups in total. The third-order valence-electron chi connectivity index (χ3n) is 5.02. The lowest BCUT2D eigenvalue weighted by atomic mass is 9.78. The van der Waals surface area contributed by atoms with E-state index in [1.807, 2.05) is 12.1 Å². The number of fused-ring (bicyclic) bond motifs is 1. The van der Waals surface area contributed by atoms with Gasteiger partial charge in [0.2, 0.25) is 0 Å². The predicted molar refractivity (Wildman–Crippen MR) is 94.2 cm³/mol. The van der Waals surface area contributed by atoms with Crippen molar-refractivity contribution < 1.29 is 18.3 Å². The molecular formula is C17H24ClNO4S. The van der Waals surface area contributed by atoms with Gasteiger partial charge in [-0.25, -0.2) is 8.42 Å². The third-order valence-corrected chi connectivity index (χ3v) is 6.18. The number of likely N-dealkylation sites (tertiary alicyclic amines) is 1. The van der Waals surface area contributed by atoms with Crippen molar-refractivity contribution in [2.24, 2.45) is 11.8 Å². The van der Waals surface area contributed by atoms with E-state index in [-0.39, 0.29) is 11.9 Å². The van der Waals surface area contributed by atoms with Gasteiger partial charge in [-0.2, -0.15) is 0 Å². The molecule has 0 aromatic heterocycles. The second-order valence-corrected chi connectivity index (χ2v) is 9.76. The topological polar surface area (TPSA) is 66.8 Å². The molecule has 134 valence electrons. The minimum Gasteiger partial charge on any atom is -0.488 e. The van der Waals surface area contributed by atoms with E-state index in [0.29, 0.717) is 35.6 Å². The second-order valence-electron chi connectivity index (χ2n) is 7.06. The Kier molecular flexibility index (Phi) is 5.39. The van der Waals surface area contributed by atoms with Gasteiger partial charge in [0.25, 0.3) is 0 Å². The summed E-state index contributed by atoms with van der Waals surface area (Å²) in [7, 11) is -2.94. The highest BCUT2D eigenvalue weighted by Gasteiger charge is 2.42. The number of aliphatic hydroxyl groups is 1. The Labute approximate surface area is 148 Å². The number of benzene rings is 1. The second kappa shape index (κ2) is 7.20. The van der Waals surface area contributed by atoms with Crippen LogP contribution in [-0.4, -0.2) is 62.3 Å². The fourth-order valence-corrected chi connectivity index (χ4v) is 4.58. The van der Waals surface area contributed by atoms with E-state index in [0.717, 1.165) is 19.5 Å². The number of halogens is 1. The van der Waals surface area contributed by atoms with Gasteiger partial charge in [-0.1, -0.05) is 17.7 Å². The van der Waals surface area contributed by atoms with Crippen LogP contribution in [0.25, 0.3) is 0 Å². The molecule has 4 atom stereocenters. The Morgan fingerprint density at radius 2 is 2.00 bits per heavy atom. The zero-order chi connectivity index (χ0) is 17.3. The maximum atomic E-state index is 11.3. The summed E-state index contributed by atoms with van der Waals surface area (Å²) in [5.41, 5.74) is 0. The fourth-order valence-electron chi connectivity index (χ4n) is 3.81. The van der Waals surface area contributed by atoms with E-state index in [2.05, 4.69) is 4.90 Å². The summed E-state index contributed by atoms with van der Waals surface area (Å²) in [6.45, 7) is 2.31. The third kappa shape index (κ3) is 4.63. The van der Waals surface area contributed by atoms with Crippen LogP contribution in [0, 0.1) is 11.8 Å². The predicted octanol–water partition coefficient (Wildman–Crippen LogP) is 1.83. The average Bonchev–Trinajstić information content (AvgIpc) is 2.87. The Hall–Kier alpha value is -0.820. The van der Waals surface area contributed by atoms with Crippen LogP contribution in [0.4, 0.5) is 0 Å². The molecule has 1 heterocycles. The quantitative estimate of drug-likeness (QED) is 0.853. The van der Waals surface area contributed by atoms with E-state index in [1.165, 1.54) is 6.26 Å². The average molecular weight is 374 g/mol. The normalized spacial score (nSPS) is 31.0. The van der Waals surface area contributed by atoms with Crippen molar-refractivity contribution in [3.63, 3.8) is 0 Å². The summed E-state index contributed by atoms with van der Waals surface area (Å²) in [4.78, 5) is 2.20. The molecule has 0 amide bonds. The van der Waals surface area contributed by atoms with Gasteiger partial charge in [0, 0.05) is 30.9 Å². The molecule has 5 nitrogen and oxygen atoms in total. The van der Waals surface area contributed by atoms with Gasteiger partial charge in [-0.3, -0.25) is 0 Å². The van der Waals surface area contributed by atoms with E-state index in [4.69, 9.17) is 16.3 Å². The minimum atomic E-state index is -2.94. The summed E-state index contributed by atoms with van der Waals surface area (Å²) in [5, 5.41) is 11.0. The number of hydrogen-bond acceptors (Lipinski definition) is 5. The highest BCUT2D eigenvalue weighted by Crippen LogP contribution is 2.38. The molecule has 1 aromatic carbocycles. The molecule has 1 aliphatic carbocycles. The first kappa shape index (κ1) is 18.0. The summed E-state index contributed by atoms with van der Waals surface area (Å²) < 4.78 is 28.6. The van der Waals surface area contributed by atoms with E-state index >= 15 is 0 Å². The molecule has 2 fully saturated rings. The molecule has 0 radical (unpaired) electrons. The van der Waals surface area contributed by atoms with Crippen molar-refractivity contribution in [2.75, 3.05) is 31.6 Å². The molecule has 0 unspecified atom stereocenters. The van der Waals surface area contributed by atoms with Crippen LogP contribution in [0.3, 0.4) is 0 Å². The Morgan fingerprint density at radius 1 is 1.29 bits per heavy atom. The summed E-state index contributed by atoms with van der Waals surface area (Å²) >= 11 is 5.98. The van der Waals surface area contributed by atoms with Gasteiger partial charge in [0.05, 0.1) is 11.9 Å². The first-order valence-corrected chi connectivity index (χ1v) is 10.7. The van der Waals surface area contributed by atoms with Crippen LogP contribution in [0.1, 0.15) is 12.8 Å². The van der Waals surface area contributed by atoms with Crippen molar-refractivity contribution in [3.05, 3.63) is 29.3 Å². The van der Waals surface area contributed by atoms with Gasteiger partial charge in [-0.15, -0.1) is 0 Å². The van der Waals surface area contributed by atoms with Crippen LogP contribution in [0.5, 0.6) is 5.75 Å². The minimum absolute atomic E-state index is 0.192. The largest absolute Gasteiger partial charge is 0.488 e. The Morgan fingerprint density at radius 3 is 2.67 bits per heavy atom. The summed E-state index contributed by atoms with van der Waals surface area (Å²) in [6, 6.07) is 7.22. The van der Waals surface area contributed by atoms with Gasteiger partial charge < -0.3 is 14.7 Å². The first-order valence-electron chi connectivity index (χ1n) is 8.30. The SMILES string of the molecule is CS(=O)(=O)CCN1C[C@H]2C[C@@H](Oc3cccc(Cl)c3)[C@H](O)C[C@H]2C1. The number of nitrogens with zero attached hydrogens (tertiary/aromatic N) is 1. The number of sulfone groups is 1. The van der Waals surface area contributed by atoms with Crippen LogP contribution in [-0.2, 0) is 9.84 Å². The van der Waals surface area contributed by atoms with Gasteiger partial charge >= 0.3 is 0 Å². The highest BCUT2D eigenvalue weighted by atomic mass is 35.5. The zero-order valence-corrected chi connectivity index (χ0v) is 15.3. The van der Waals surface area contributed by atoms with E-state index in [1.54, 1.807) is 12.1 Å². The summed E-state index contributed by atoms with van der Waals surface area (Å²) in [6.07, 6.45) is 2.02. The number of ether oxygens (including phenoxy) is 1. The first-order chi connectivity index (χ1) is 11.3. The number of aliphatic hydroxyl groups excluding tert-OH is 1. The molecule has 1 aromatic rings. The van der Waals surface area contributed by atoms with Gasteiger partial charge in [0.15, 0.2) is 0 Å². The molecule has 7 heteroatoms. The molecule has 1 saturated carbocycles. The lowest BCUT2D eigenvalue weighted by molar-refractivity contribution is -0.0231. The lowest BCUT2D eigenvalue weighted by Gasteiger charge is -2.35. The Balaban J connectivity index is 1.58. The number of rotatable bonds is 5. The lowest BCUT2D eigenvalue weighted by Crippen LogP contribution is -2.42. The molecule has 2 aliphatic rings. The zero-order valence-electron chi connectivity index (χ0n) is 13.8. The van der Waals surface area contributed by atoms with Crippen molar-refractivity contribution in [2.45, 2.75) is 25.0 Å². The van der Waals surface area contributed by atoms with Crippen molar-refractivity contribution in [3.8, 4) is 5.75 Å². The molecule has 3 rings (SSSR count). The van der Waals surface area contributed by atoms with Crippen LogP contribution >= 0.6 is 11.6 Å². The van der Waals surface area contributed by atoms with E-state index in [9.17, 15) is 13.5 Å². The molecular weight excluding hydrogens is 350 g/mol. The highest BCUT2D eigenvalue weighted by molar-refractivity contribution is 7.90. The smallest absolute Gasteiger partial charge is 0.148 e. The maximum Gasteiger partial charge on any atom is 0.148 e. The van der Waals surface area contributed by atoms with Crippen LogP contribution < -0.4 is 4.74 Å². The van der Waals surface area contributed by atoms with Crippen molar-refractivity contribution in [1.29, 1.82) is 0 Å². The van der Waals surface area contributed by atoms with E-state index < -0.39 is 15.9 Å². The standard InChI is InChI=1S/C17H24ClNO4S/c1-24(21,22)6-5-19-10-12-7-16(20)17(8-13(12)11-19)23-15-4-2-3-14(18)9-15/h2-4,9,12-13,16-17,20H,5-8,10-11H2,1H3/t12-,13+,16+,17+/m0/s1. The van der Waals surface area contributed by atoms with Gasteiger partial charge in [0.1, 0.15) is 21.7 Å². The van der Waals surface area contributed by atoms with Crippen molar-refractivity contribution in [1.82, 2.24) is 4.90 Å². The van der Waals surface area contributed by atoms with Crippen LogP contribution in [0.15, 0.2) is 24.3 Å². The molecule has 1 saturated heterocycles. The van der Waals surface area contributed by atoms with Gasteiger partial charge in [-0.05, 0) is 42.9 Å². The summed E-state index contributed by atoms with van der Waals surface area (Å²) in [5.74, 6) is 1.73. The Bertz CT molecular complexity index is 681. The monoisotopic (exact) mass is 373 g/mol. The molecule has 24 heavy (non-hydrogen) atoms. The molecule has 0 spiro atoms. The van der Waals surface area contributed by atoms with Crippen molar-refractivity contribution >= 4 is 21.4 Å². The molecule has 1 aliphatic heterocycles. The molecule has 0 bridgehead atoms.